The Hall–Kier alpha value is -3.50. The Kier molecular flexibility index (Phi) is 6.83. The summed E-state index contributed by atoms with van der Waals surface area (Å²) in [6, 6.07) is 3.20. The van der Waals surface area contributed by atoms with Crippen molar-refractivity contribution in [2.75, 3.05) is 19.0 Å². The van der Waals surface area contributed by atoms with Gasteiger partial charge in [0.15, 0.2) is 22.7 Å². The molecule has 3 rings (SSSR count). The summed E-state index contributed by atoms with van der Waals surface area (Å²) in [5.41, 5.74) is -0.319. The van der Waals surface area contributed by atoms with Crippen molar-refractivity contribution in [2.24, 2.45) is 0 Å². The number of esters is 1. The van der Waals surface area contributed by atoms with E-state index >= 15 is 0 Å². The summed E-state index contributed by atoms with van der Waals surface area (Å²) >= 11 is 0. The molecule has 3 aromatic heterocycles. The van der Waals surface area contributed by atoms with Gasteiger partial charge in [-0.2, -0.15) is 0 Å². The van der Waals surface area contributed by atoms with Crippen LogP contribution in [0.1, 0.15) is 49.4 Å². The van der Waals surface area contributed by atoms with Gasteiger partial charge in [0.25, 0.3) is 5.56 Å². The molecule has 11 heteroatoms. The van der Waals surface area contributed by atoms with Crippen LogP contribution in [0.4, 0.5) is 5.82 Å². The summed E-state index contributed by atoms with van der Waals surface area (Å²) in [6.45, 7) is 4.76. The number of hydrogen-bond donors (Lipinski definition) is 1. The zero-order valence-corrected chi connectivity index (χ0v) is 18.2. The highest BCUT2D eigenvalue weighted by Gasteiger charge is 2.20. The number of carbonyl (C=O) groups is 1. The molecule has 0 aliphatic heterocycles. The first-order valence-corrected chi connectivity index (χ1v) is 10.3. The summed E-state index contributed by atoms with van der Waals surface area (Å²) in [6.07, 6.45) is 2.39. The van der Waals surface area contributed by atoms with Crippen LogP contribution in [0.25, 0.3) is 11.2 Å². The molecule has 0 atom stereocenters. The molecule has 1 N–H and O–H groups in total. The number of fused-ring (bicyclic) bond motifs is 1. The highest BCUT2D eigenvalue weighted by molar-refractivity contribution is 5.87. The molecule has 0 aromatic carbocycles. The molecule has 0 unspecified atom stereocenters. The minimum Gasteiger partial charge on any atom is -0.453 e. The molecule has 3 aromatic rings. The summed E-state index contributed by atoms with van der Waals surface area (Å²) in [7, 11) is 3.64. The van der Waals surface area contributed by atoms with Crippen molar-refractivity contribution < 1.29 is 9.53 Å². The Labute approximate surface area is 178 Å². The van der Waals surface area contributed by atoms with Gasteiger partial charge in [-0.25, -0.2) is 14.6 Å². The van der Waals surface area contributed by atoms with E-state index in [0.29, 0.717) is 35.9 Å². The van der Waals surface area contributed by atoms with Crippen molar-refractivity contribution in [1.82, 2.24) is 29.3 Å². The number of anilines is 1. The first-order chi connectivity index (χ1) is 14.9. The number of nitrogens with zero attached hydrogens (tertiary/aromatic N) is 6. The van der Waals surface area contributed by atoms with E-state index in [0.717, 1.165) is 19.3 Å². The molecule has 0 saturated carbocycles. The smallest absolute Gasteiger partial charge is 0.359 e. The van der Waals surface area contributed by atoms with Gasteiger partial charge in [-0.3, -0.25) is 14.3 Å². The fourth-order valence-electron chi connectivity index (χ4n) is 3.19. The third kappa shape index (κ3) is 4.65. The maximum absolute atomic E-state index is 12.5. The van der Waals surface area contributed by atoms with Gasteiger partial charge in [0.05, 0.1) is 0 Å². The maximum Gasteiger partial charge on any atom is 0.359 e. The average molecular weight is 429 g/mol. The predicted octanol–water partition coefficient (Wildman–Crippen LogP) is 1.31. The van der Waals surface area contributed by atoms with Crippen LogP contribution in [0.2, 0.25) is 0 Å². The molecule has 0 radical (unpaired) electrons. The van der Waals surface area contributed by atoms with Crippen molar-refractivity contribution in [2.45, 2.75) is 52.8 Å². The molecular weight excluding hydrogens is 402 g/mol. The lowest BCUT2D eigenvalue weighted by atomic mass is 10.3. The van der Waals surface area contributed by atoms with Crippen LogP contribution in [0.5, 0.6) is 0 Å². The number of unbranched alkanes of at least 4 members (excludes halogenated alkanes) is 1. The monoisotopic (exact) mass is 429 g/mol. The molecule has 166 valence electrons. The summed E-state index contributed by atoms with van der Waals surface area (Å²) in [4.78, 5) is 45.9. The number of H-pyrrole nitrogens is 1. The van der Waals surface area contributed by atoms with E-state index in [1.807, 2.05) is 27.9 Å². The largest absolute Gasteiger partial charge is 0.453 e. The van der Waals surface area contributed by atoms with Crippen LogP contribution in [0.3, 0.4) is 0 Å². The Morgan fingerprint density at radius 3 is 2.48 bits per heavy atom. The lowest BCUT2D eigenvalue weighted by Crippen LogP contribution is -2.31. The van der Waals surface area contributed by atoms with Gasteiger partial charge in [0.1, 0.15) is 12.4 Å². The zero-order valence-electron chi connectivity index (χ0n) is 18.2. The van der Waals surface area contributed by atoms with Crippen molar-refractivity contribution in [3.63, 3.8) is 0 Å². The number of hydrogen-bond acceptors (Lipinski definition) is 8. The van der Waals surface area contributed by atoms with Gasteiger partial charge in [-0.1, -0.05) is 20.3 Å². The zero-order chi connectivity index (χ0) is 22.5. The normalized spacial score (nSPS) is 11.1. The van der Waals surface area contributed by atoms with Crippen LogP contribution in [-0.4, -0.2) is 49.4 Å². The number of carbonyl (C=O) groups excluding carboxylic acids is 1. The fourth-order valence-corrected chi connectivity index (χ4v) is 3.19. The number of aromatic nitrogens is 6. The average Bonchev–Trinajstić information content (AvgIpc) is 3.11. The third-order valence-electron chi connectivity index (χ3n) is 4.80. The number of ether oxygens (including phenoxy) is 1. The molecule has 0 aliphatic carbocycles. The molecular formula is C20H27N7O4. The summed E-state index contributed by atoms with van der Waals surface area (Å²) < 4.78 is 8.54. The Bertz CT molecular complexity index is 1180. The first kappa shape index (κ1) is 22.2. The third-order valence-corrected chi connectivity index (χ3v) is 4.80. The van der Waals surface area contributed by atoms with E-state index in [1.165, 1.54) is 10.6 Å². The van der Waals surface area contributed by atoms with E-state index in [1.54, 1.807) is 15.5 Å². The van der Waals surface area contributed by atoms with Gasteiger partial charge in [-0.05, 0) is 25.0 Å². The first-order valence-electron chi connectivity index (χ1n) is 10.3. The van der Waals surface area contributed by atoms with E-state index in [2.05, 4.69) is 20.2 Å². The number of rotatable bonds is 9. The van der Waals surface area contributed by atoms with E-state index in [9.17, 15) is 14.4 Å². The highest BCUT2D eigenvalue weighted by Crippen LogP contribution is 2.15. The van der Waals surface area contributed by atoms with Gasteiger partial charge in [0.2, 0.25) is 0 Å². The van der Waals surface area contributed by atoms with E-state index in [-0.39, 0.29) is 12.3 Å². The van der Waals surface area contributed by atoms with Crippen molar-refractivity contribution >= 4 is 23.0 Å². The van der Waals surface area contributed by atoms with Gasteiger partial charge in [-0.15, -0.1) is 10.2 Å². The number of aromatic amines is 1. The van der Waals surface area contributed by atoms with E-state index in [4.69, 9.17) is 4.74 Å². The minimum absolute atomic E-state index is 0.0708. The molecule has 0 spiro atoms. The second kappa shape index (κ2) is 9.54. The number of aryl methyl sites for hydroxylation is 2. The molecule has 0 aliphatic rings. The molecule has 3 heterocycles. The minimum atomic E-state index is -0.648. The standard InChI is InChI=1S/C20H27N7O4/c1-5-7-11-27-17-16(18(28)22-20(27)30)26(10-6-2)15(21-17)12-31-19(29)13-8-9-14(24-23-13)25(3)4/h8-9H,5-7,10-12H2,1-4H3,(H,22,28,30). The lowest BCUT2D eigenvalue weighted by molar-refractivity contribution is 0.0450. The molecule has 0 saturated heterocycles. The van der Waals surface area contributed by atoms with Crippen LogP contribution in [0, 0.1) is 0 Å². The summed E-state index contributed by atoms with van der Waals surface area (Å²) in [5.74, 6) is 0.361. The Balaban J connectivity index is 1.93. The van der Waals surface area contributed by atoms with Crippen molar-refractivity contribution in [3.8, 4) is 0 Å². The molecule has 0 amide bonds. The number of imidazole rings is 1. The Morgan fingerprint density at radius 1 is 1.10 bits per heavy atom. The van der Waals surface area contributed by atoms with Gasteiger partial charge in [0, 0.05) is 27.2 Å². The van der Waals surface area contributed by atoms with Crippen molar-refractivity contribution in [3.05, 3.63) is 44.5 Å². The second-order valence-electron chi connectivity index (χ2n) is 7.36. The summed E-state index contributed by atoms with van der Waals surface area (Å²) in [5, 5.41) is 7.86. The molecule has 31 heavy (non-hydrogen) atoms. The van der Waals surface area contributed by atoms with E-state index < -0.39 is 17.2 Å². The van der Waals surface area contributed by atoms with Gasteiger partial charge >= 0.3 is 11.7 Å². The topological polar surface area (TPSA) is 128 Å². The number of nitrogens with one attached hydrogen (secondary N) is 1. The quantitative estimate of drug-likeness (QED) is 0.504. The predicted molar refractivity (Wildman–Crippen MR) is 115 cm³/mol. The molecule has 0 fully saturated rings. The lowest BCUT2D eigenvalue weighted by Gasteiger charge is -2.10. The van der Waals surface area contributed by atoms with Crippen LogP contribution in [0.15, 0.2) is 21.7 Å². The Morgan fingerprint density at radius 2 is 1.87 bits per heavy atom. The second-order valence-corrected chi connectivity index (χ2v) is 7.36. The van der Waals surface area contributed by atoms with Crippen molar-refractivity contribution in [1.29, 1.82) is 0 Å². The molecule has 0 bridgehead atoms. The molecule has 11 nitrogen and oxygen atoms in total. The maximum atomic E-state index is 12.5. The van der Waals surface area contributed by atoms with Crippen LogP contribution >= 0.6 is 0 Å². The van der Waals surface area contributed by atoms with Gasteiger partial charge < -0.3 is 14.2 Å². The van der Waals surface area contributed by atoms with Crippen LogP contribution < -0.4 is 16.1 Å². The highest BCUT2D eigenvalue weighted by atomic mass is 16.5. The fraction of sp³-hybridized carbons (Fsp3) is 0.500. The van der Waals surface area contributed by atoms with Crippen LogP contribution in [-0.2, 0) is 24.4 Å². The SMILES string of the molecule is CCCCn1c(=O)[nH]c(=O)c2c1nc(COC(=O)c1ccc(N(C)C)nn1)n2CCC.